The summed E-state index contributed by atoms with van der Waals surface area (Å²) in [5.41, 5.74) is 6.02. The third-order valence-corrected chi connectivity index (χ3v) is 4.70. The van der Waals surface area contributed by atoms with Gasteiger partial charge in [0.1, 0.15) is 0 Å². The highest BCUT2D eigenvalue weighted by molar-refractivity contribution is 7.99. The van der Waals surface area contributed by atoms with Crippen LogP contribution in [0.3, 0.4) is 0 Å². The van der Waals surface area contributed by atoms with Crippen molar-refractivity contribution in [2.75, 3.05) is 26.4 Å². The van der Waals surface area contributed by atoms with E-state index < -0.39 is 0 Å². The summed E-state index contributed by atoms with van der Waals surface area (Å²) in [5.74, 6) is 1.14. The first-order chi connectivity index (χ1) is 7.11. The minimum atomic E-state index is 0.218. The zero-order chi connectivity index (χ0) is 11.3. The van der Waals surface area contributed by atoms with Crippen molar-refractivity contribution >= 4 is 23.1 Å². The van der Waals surface area contributed by atoms with E-state index in [1.807, 2.05) is 11.8 Å². The largest absolute Gasteiger partial charge is 0.327 e. The minimum Gasteiger partial charge on any atom is -0.327 e. The first kappa shape index (κ1) is 13.0. The highest BCUT2D eigenvalue weighted by Crippen LogP contribution is 2.33. The van der Waals surface area contributed by atoms with Crippen LogP contribution in [0, 0.1) is 0 Å². The zero-order valence-corrected chi connectivity index (χ0v) is 11.3. The van der Waals surface area contributed by atoms with Crippen molar-refractivity contribution in [2.45, 2.75) is 18.2 Å². The van der Waals surface area contributed by atoms with E-state index in [4.69, 9.17) is 5.73 Å². The molecule has 86 valence electrons. The van der Waals surface area contributed by atoms with Crippen LogP contribution in [0.5, 0.6) is 0 Å². The van der Waals surface area contributed by atoms with Crippen molar-refractivity contribution in [3.05, 3.63) is 22.4 Å². The molecule has 0 saturated carbocycles. The molecule has 0 bridgehead atoms. The van der Waals surface area contributed by atoms with Crippen LogP contribution in [-0.2, 0) is 0 Å². The third kappa shape index (κ3) is 4.55. The SMILES string of the molecule is CC(N)C(SCCN(C)C)c1cccs1. The number of nitrogens with two attached hydrogens (primary N) is 1. The molecule has 0 aliphatic rings. The van der Waals surface area contributed by atoms with Gasteiger partial charge < -0.3 is 10.6 Å². The molecule has 1 aromatic rings. The van der Waals surface area contributed by atoms with Crippen molar-refractivity contribution < 1.29 is 0 Å². The van der Waals surface area contributed by atoms with Crippen molar-refractivity contribution in [1.82, 2.24) is 4.90 Å². The summed E-state index contributed by atoms with van der Waals surface area (Å²) in [6, 6.07) is 4.50. The van der Waals surface area contributed by atoms with Crippen molar-refractivity contribution in [3.63, 3.8) is 0 Å². The Labute approximate surface area is 101 Å². The number of thioether (sulfide) groups is 1. The van der Waals surface area contributed by atoms with Gasteiger partial charge in [0.2, 0.25) is 0 Å². The average molecular weight is 244 g/mol. The van der Waals surface area contributed by atoms with Gasteiger partial charge in [-0.25, -0.2) is 0 Å². The molecule has 0 saturated heterocycles. The van der Waals surface area contributed by atoms with E-state index in [2.05, 4.69) is 43.4 Å². The summed E-state index contributed by atoms with van der Waals surface area (Å²) >= 11 is 3.76. The Hall–Kier alpha value is -0.0300. The van der Waals surface area contributed by atoms with Crippen LogP contribution in [-0.4, -0.2) is 37.3 Å². The molecular weight excluding hydrogens is 224 g/mol. The molecule has 1 heterocycles. The Balaban J connectivity index is 2.45. The Kier molecular flexibility index (Phi) is 5.68. The summed E-state index contributed by atoms with van der Waals surface area (Å²) in [6.07, 6.45) is 0. The molecule has 2 atom stereocenters. The summed E-state index contributed by atoms with van der Waals surface area (Å²) in [7, 11) is 4.21. The van der Waals surface area contributed by atoms with Gasteiger partial charge in [-0.3, -0.25) is 0 Å². The van der Waals surface area contributed by atoms with Gasteiger partial charge in [-0.1, -0.05) is 6.07 Å². The highest BCUT2D eigenvalue weighted by Gasteiger charge is 2.17. The van der Waals surface area contributed by atoms with Gasteiger partial charge in [0, 0.05) is 23.2 Å². The Morgan fingerprint density at radius 3 is 2.73 bits per heavy atom. The molecule has 4 heteroatoms. The van der Waals surface area contributed by atoms with Gasteiger partial charge in [-0.15, -0.1) is 23.1 Å². The van der Waals surface area contributed by atoms with E-state index in [0.717, 1.165) is 12.3 Å². The lowest BCUT2D eigenvalue weighted by Gasteiger charge is -2.20. The fraction of sp³-hybridized carbons (Fsp3) is 0.636. The molecule has 0 aromatic carbocycles. The monoisotopic (exact) mass is 244 g/mol. The molecule has 1 rings (SSSR count). The maximum atomic E-state index is 6.02. The van der Waals surface area contributed by atoms with Gasteiger partial charge >= 0.3 is 0 Å². The van der Waals surface area contributed by atoms with E-state index in [1.54, 1.807) is 11.3 Å². The van der Waals surface area contributed by atoms with Crippen LogP contribution in [0.2, 0.25) is 0 Å². The molecule has 2 N–H and O–H groups in total. The molecule has 2 nitrogen and oxygen atoms in total. The highest BCUT2D eigenvalue weighted by atomic mass is 32.2. The van der Waals surface area contributed by atoms with Gasteiger partial charge in [-0.2, -0.15) is 0 Å². The minimum absolute atomic E-state index is 0.218. The molecule has 2 unspecified atom stereocenters. The smallest absolute Gasteiger partial charge is 0.0539 e. The fourth-order valence-electron chi connectivity index (χ4n) is 1.31. The van der Waals surface area contributed by atoms with E-state index >= 15 is 0 Å². The average Bonchev–Trinajstić information content (AvgIpc) is 2.63. The van der Waals surface area contributed by atoms with Gasteiger partial charge in [-0.05, 0) is 32.5 Å². The predicted octanol–water partition coefficient (Wildman–Crippen LogP) is 2.43. The number of hydrogen-bond donors (Lipinski definition) is 1. The van der Waals surface area contributed by atoms with E-state index in [0.29, 0.717) is 5.25 Å². The topological polar surface area (TPSA) is 29.3 Å². The van der Waals surface area contributed by atoms with Crippen LogP contribution < -0.4 is 5.73 Å². The Morgan fingerprint density at radius 2 is 2.27 bits per heavy atom. The number of nitrogens with zero attached hydrogens (tertiary/aromatic N) is 1. The summed E-state index contributed by atoms with van der Waals surface area (Å²) in [5, 5.41) is 2.57. The number of thiophene rings is 1. The van der Waals surface area contributed by atoms with Crippen LogP contribution in [0.15, 0.2) is 17.5 Å². The quantitative estimate of drug-likeness (QED) is 0.833. The van der Waals surface area contributed by atoms with Gasteiger partial charge in [0.25, 0.3) is 0 Å². The standard InChI is InChI=1S/C11H20N2S2/c1-9(12)11(10-5-4-7-14-10)15-8-6-13(2)3/h4-5,7,9,11H,6,8,12H2,1-3H3. The van der Waals surface area contributed by atoms with Crippen LogP contribution in [0.25, 0.3) is 0 Å². The van der Waals surface area contributed by atoms with E-state index in [1.165, 1.54) is 4.88 Å². The third-order valence-electron chi connectivity index (χ3n) is 2.14. The molecule has 0 spiro atoms. The lowest BCUT2D eigenvalue weighted by molar-refractivity contribution is 0.437. The van der Waals surface area contributed by atoms with Crippen molar-refractivity contribution in [1.29, 1.82) is 0 Å². The molecule has 0 aliphatic heterocycles. The molecule has 0 amide bonds. The zero-order valence-electron chi connectivity index (χ0n) is 9.64. The van der Waals surface area contributed by atoms with Gasteiger partial charge in [0.15, 0.2) is 0 Å². The number of hydrogen-bond acceptors (Lipinski definition) is 4. The second-order valence-corrected chi connectivity index (χ2v) is 6.20. The molecule has 0 aliphatic carbocycles. The summed E-state index contributed by atoms with van der Waals surface area (Å²) in [4.78, 5) is 3.60. The Bertz CT molecular complexity index is 258. The van der Waals surface area contributed by atoms with Crippen molar-refractivity contribution in [2.24, 2.45) is 5.73 Å². The molecule has 0 radical (unpaired) electrons. The maximum absolute atomic E-state index is 6.02. The number of rotatable bonds is 6. The fourth-order valence-corrected chi connectivity index (χ4v) is 3.77. The molecule has 1 aromatic heterocycles. The van der Waals surface area contributed by atoms with Crippen LogP contribution in [0.1, 0.15) is 17.1 Å². The van der Waals surface area contributed by atoms with Gasteiger partial charge in [0.05, 0.1) is 5.25 Å². The first-order valence-corrected chi connectivity index (χ1v) is 7.09. The van der Waals surface area contributed by atoms with Crippen LogP contribution in [0.4, 0.5) is 0 Å². The molecule has 0 fully saturated rings. The lowest BCUT2D eigenvalue weighted by Crippen LogP contribution is -2.23. The van der Waals surface area contributed by atoms with E-state index in [9.17, 15) is 0 Å². The second kappa shape index (κ2) is 6.53. The maximum Gasteiger partial charge on any atom is 0.0539 e. The molecular formula is C11H20N2S2. The Morgan fingerprint density at radius 1 is 1.53 bits per heavy atom. The van der Waals surface area contributed by atoms with E-state index in [-0.39, 0.29) is 6.04 Å². The first-order valence-electron chi connectivity index (χ1n) is 5.16. The second-order valence-electron chi connectivity index (χ2n) is 3.97. The summed E-state index contributed by atoms with van der Waals surface area (Å²) < 4.78 is 0. The lowest BCUT2D eigenvalue weighted by atomic mass is 10.2. The molecule has 15 heavy (non-hydrogen) atoms. The normalized spacial score (nSPS) is 15.5. The predicted molar refractivity (Wildman–Crippen MR) is 71.7 cm³/mol. The van der Waals surface area contributed by atoms with Crippen LogP contribution >= 0.6 is 23.1 Å². The van der Waals surface area contributed by atoms with Crippen molar-refractivity contribution in [3.8, 4) is 0 Å². The summed E-state index contributed by atoms with van der Waals surface area (Å²) in [6.45, 7) is 3.20.